The molecule has 0 saturated carbocycles. The molecule has 5 heteroatoms. The number of hydrogen-bond donors (Lipinski definition) is 1. The Kier molecular flexibility index (Phi) is 8.43. The molecule has 0 aliphatic heterocycles. The van der Waals surface area contributed by atoms with E-state index in [1.54, 1.807) is 0 Å². The quantitative estimate of drug-likeness (QED) is 0.294. The van der Waals surface area contributed by atoms with Crippen molar-refractivity contribution in [3.63, 3.8) is 0 Å². The maximum Gasteiger partial charge on any atom is 0.227 e. The topological polar surface area (TPSA) is 56.5 Å². The Balaban J connectivity index is 1.04. The average molecular weight is 431 g/mol. The molecule has 0 bridgehead atoms. The molecular weight excluding hydrogens is 400 g/mol. The van der Waals surface area contributed by atoms with Crippen LogP contribution in [0.4, 0.5) is 0 Å². The zero-order valence-corrected chi connectivity index (χ0v) is 18.3. The normalized spacial score (nSPS) is 11.2. The van der Waals surface area contributed by atoms with Gasteiger partial charge in [-0.2, -0.15) is 0 Å². The van der Waals surface area contributed by atoms with Crippen LogP contribution in [0.15, 0.2) is 83.3 Å². The molecule has 0 radical (unpaired) electrons. The van der Waals surface area contributed by atoms with E-state index in [1.165, 1.54) is 5.56 Å². The minimum atomic E-state index is 0.589. The lowest BCUT2D eigenvalue weighted by Gasteiger charge is -2.08. The lowest BCUT2D eigenvalue weighted by Crippen LogP contribution is -2.24. The Morgan fingerprint density at radius 2 is 1.47 bits per heavy atom. The van der Waals surface area contributed by atoms with E-state index in [-0.39, 0.29) is 0 Å². The van der Waals surface area contributed by atoms with Gasteiger partial charge in [0, 0.05) is 25.3 Å². The summed E-state index contributed by atoms with van der Waals surface area (Å²) in [4.78, 5) is 4.54. The van der Waals surface area contributed by atoms with Crippen LogP contribution in [0.2, 0.25) is 0 Å². The highest BCUT2D eigenvalue weighted by Gasteiger charge is 2.07. The summed E-state index contributed by atoms with van der Waals surface area (Å²) in [7, 11) is 0. The fraction of sp³-hybridized carbons (Fsp3) is 0.296. The predicted molar refractivity (Wildman–Crippen MR) is 128 cm³/mol. The molecule has 5 nitrogen and oxygen atoms in total. The molecule has 166 valence electrons. The number of ether oxygens (including phenoxy) is 2. The first kappa shape index (κ1) is 22.2. The van der Waals surface area contributed by atoms with E-state index in [1.807, 2.05) is 42.5 Å². The molecule has 0 atom stereocenters. The first-order valence-electron chi connectivity index (χ1n) is 11.2. The Labute approximate surface area is 189 Å². The lowest BCUT2D eigenvalue weighted by molar-refractivity contribution is 0.113. The molecule has 1 aromatic heterocycles. The molecule has 3 aromatic carbocycles. The second kappa shape index (κ2) is 12.2. The molecule has 0 fully saturated rings. The number of rotatable bonds is 13. The summed E-state index contributed by atoms with van der Waals surface area (Å²) in [6.07, 6.45) is 2.12. The molecular formula is C27H30N2O3. The van der Waals surface area contributed by atoms with E-state index < -0.39 is 0 Å². The van der Waals surface area contributed by atoms with Crippen LogP contribution in [0.3, 0.4) is 0 Å². The van der Waals surface area contributed by atoms with Crippen molar-refractivity contribution in [3.8, 4) is 11.5 Å². The number of aryl methyl sites for hydroxylation is 1. The van der Waals surface area contributed by atoms with Gasteiger partial charge in [-0.3, -0.25) is 0 Å². The fourth-order valence-corrected chi connectivity index (χ4v) is 3.47. The Morgan fingerprint density at radius 3 is 2.28 bits per heavy atom. The highest BCUT2D eigenvalue weighted by molar-refractivity contribution is 5.75. The molecule has 0 amide bonds. The maximum absolute atomic E-state index is 5.82. The highest BCUT2D eigenvalue weighted by atomic mass is 16.5. The minimum Gasteiger partial charge on any atom is -0.436 e. The van der Waals surface area contributed by atoms with E-state index in [0.29, 0.717) is 19.1 Å². The largest absolute Gasteiger partial charge is 0.436 e. The van der Waals surface area contributed by atoms with Crippen molar-refractivity contribution in [2.24, 2.45) is 0 Å². The van der Waals surface area contributed by atoms with Gasteiger partial charge in [0.2, 0.25) is 5.89 Å². The number of hydrogen-bond acceptors (Lipinski definition) is 5. The van der Waals surface area contributed by atoms with E-state index in [9.17, 15) is 0 Å². The Bertz CT molecular complexity index is 1030. The fourth-order valence-electron chi connectivity index (χ4n) is 3.47. The molecule has 0 aliphatic carbocycles. The van der Waals surface area contributed by atoms with Gasteiger partial charge in [0.05, 0.1) is 19.8 Å². The van der Waals surface area contributed by atoms with Crippen molar-refractivity contribution >= 4 is 11.1 Å². The van der Waals surface area contributed by atoms with Gasteiger partial charge in [0.1, 0.15) is 5.52 Å². The van der Waals surface area contributed by atoms with Crippen LogP contribution in [0.5, 0.6) is 0 Å². The van der Waals surface area contributed by atoms with Crippen LogP contribution >= 0.6 is 0 Å². The second-order valence-corrected chi connectivity index (χ2v) is 7.69. The van der Waals surface area contributed by atoms with Crippen molar-refractivity contribution in [3.05, 3.63) is 90.0 Å². The SMILES string of the molecule is c1ccc(CCCOCCNCCOCc2ccc(-c3nc4ccccc4o3)cc2)cc1. The lowest BCUT2D eigenvalue weighted by atomic mass is 10.1. The Hall–Kier alpha value is -2.99. The molecule has 0 spiro atoms. The van der Waals surface area contributed by atoms with Crippen LogP contribution in [0.1, 0.15) is 17.5 Å². The van der Waals surface area contributed by atoms with E-state index >= 15 is 0 Å². The summed E-state index contributed by atoms with van der Waals surface area (Å²) in [6, 6.07) is 26.5. The first-order chi connectivity index (χ1) is 15.9. The Morgan fingerprint density at radius 1 is 0.719 bits per heavy atom. The minimum absolute atomic E-state index is 0.589. The molecule has 0 saturated heterocycles. The average Bonchev–Trinajstić information content (AvgIpc) is 3.28. The van der Waals surface area contributed by atoms with E-state index in [4.69, 9.17) is 13.9 Å². The van der Waals surface area contributed by atoms with E-state index in [0.717, 1.165) is 61.4 Å². The number of oxazole rings is 1. The molecule has 4 aromatic rings. The van der Waals surface area contributed by atoms with Crippen LogP contribution in [-0.2, 0) is 22.5 Å². The molecule has 1 heterocycles. The molecule has 0 aliphatic rings. The summed E-state index contributed by atoms with van der Waals surface area (Å²) in [5, 5.41) is 3.35. The zero-order valence-electron chi connectivity index (χ0n) is 18.3. The van der Waals surface area contributed by atoms with Crippen molar-refractivity contribution in [1.82, 2.24) is 10.3 Å². The summed E-state index contributed by atoms with van der Waals surface area (Å²) < 4.78 is 17.3. The van der Waals surface area contributed by atoms with Crippen molar-refractivity contribution in [2.45, 2.75) is 19.4 Å². The number of benzene rings is 3. The van der Waals surface area contributed by atoms with Gasteiger partial charge in [-0.05, 0) is 48.2 Å². The zero-order chi connectivity index (χ0) is 21.8. The second-order valence-electron chi connectivity index (χ2n) is 7.69. The maximum atomic E-state index is 5.82. The third-order valence-electron chi connectivity index (χ3n) is 5.21. The molecule has 0 unspecified atom stereocenters. The van der Waals surface area contributed by atoms with Gasteiger partial charge in [-0.15, -0.1) is 0 Å². The molecule has 4 rings (SSSR count). The van der Waals surface area contributed by atoms with Crippen LogP contribution in [0.25, 0.3) is 22.6 Å². The third-order valence-corrected chi connectivity index (χ3v) is 5.21. The number of fused-ring (bicyclic) bond motifs is 1. The number of nitrogens with one attached hydrogen (secondary N) is 1. The summed E-state index contributed by atoms with van der Waals surface area (Å²) in [5.74, 6) is 0.644. The van der Waals surface area contributed by atoms with Crippen molar-refractivity contribution < 1.29 is 13.9 Å². The monoisotopic (exact) mass is 430 g/mol. The molecule has 1 N–H and O–H groups in total. The third kappa shape index (κ3) is 6.76. The van der Waals surface area contributed by atoms with Gasteiger partial charge in [0.25, 0.3) is 0 Å². The molecule has 32 heavy (non-hydrogen) atoms. The van der Waals surface area contributed by atoms with Gasteiger partial charge < -0.3 is 19.2 Å². The first-order valence-corrected chi connectivity index (χ1v) is 11.2. The smallest absolute Gasteiger partial charge is 0.227 e. The predicted octanol–water partition coefficient (Wildman–Crippen LogP) is 5.25. The summed E-state index contributed by atoms with van der Waals surface area (Å²) in [6.45, 7) is 4.44. The van der Waals surface area contributed by atoms with Crippen LogP contribution < -0.4 is 5.32 Å². The standard InChI is InChI=1S/C27H30N2O3/c1-2-7-22(8-3-1)9-6-18-30-19-16-28-17-20-31-21-23-12-14-24(15-13-23)27-29-25-10-4-5-11-26(25)32-27/h1-5,7-8,10-15,28H,6,9,16-21H2. The van der Waals surface area contributed by atoms with Gasteiger partial charge in [-0.25, -0.2) is 4.98 Å². The number of nitrogens with zero attached hydrogens (tertiary/aromatic N) is 1. The van der Waals surface area contributed by atoms with Gasteiger partial charge in [-0.1, -0.05) is 54.6 Å². The van der Waals surface area contributed by atoms with E-state index in [2.05, 4.69) is 46.7 Å². The summed E-state index contributed by atoms with van der Waals surface area (Å²) in [5.41, 5.74) is 5.15. The van der Waals surface area contributed by atoms with Crippen LogP contribution in [0, 0.1) is 0 Å². The van der Waals surface area contributed by atoms with Crippen molar-refractivity contribution in [1.29, 1.82) is 0 Å². The van der Waals surface area contributed by atoms with Crippen LogP contribution in [-0.4, -0.2) is 37.9 Å². The van der Waals surface area contributed by atoms with Crippen molar-refractivity contribution in [2.75, 3.05) is 32.9 Å². The van der Waals surface area contributed by atoms with Gasteiger partial charge in [0.15, 0.2) is 5.58 Å². The number of para-hydroxylation sites is 2. The number of aromatic nitrogens is 1. The highest BCUT2D eigenvalue weighted by Crippen LogP contribution is 2.24. The van der Waals surface area contributed by atoms with Gasteiger partial charge >= 0.3 is 0 Å². The summed E-state index contributed by atoms with van der Waals surface area (Å²) >= 11 is 0.